The Kier molecular flexibility index (Phi) is 7.13. The van der Waals surface area contributed by atoms with E-state index >= 15 is 0 Å². The highest BCUT2D eigenvalue weighted by Gasteiger charge is 2.41. The second-order valence-corrected chi connectivity index (χ2v) is 9.59. The Morgan fingerprint density at radius 1 is 1.08 bits per heavy atom. The van der Waals surface area contributed by atoms with Gasteiger partial charge in [0.05, 0.1) is 19.9 Å². The van der Waals surface area contributed by atoms with E-state index in [4.69, 9.17) is 19.3 Å². The molecule has 8 heteroatoms. The number of ether oxygens (including phenoxy) is 3. The number of nitrogens with one attached hydrogen (secondary N) is 1. The molecule has 0 spiro atoms. The van der Waals surface area contributed by atoms with Crippen LogP contribution in [0.3, 0.4) is 0 Å². The average molecular weight is 491 g/mol. The quantitative estimate of drug-likeness (QED) is 0.495. The summed E-state index contributed by atoms with van der Waals surface area (Å²) in [5, 5.41) is 7.90. The zero-order valence-corrected chi connectivity index (χ0v) is 21.1. The molecule has 3 aromatic rings. The largest absolute Gasteiger partial charge is 0.493 e. The molecule has 2 bridgehead atoms. The first-order valence-electron chi connectivity index (χ1n) is 12.5. The summed E-state index contributed by atoms with van der Waals surface area (Å²) in [4.78, 5) is 14.9. The molecule has 0 radical (unpaired) electrons. The van der Waals surface area contributed by atoms with Gasteiger partial charge in [-0.05, 0) is 61.7 Å². The van der Waals surface area contributed by atoms with Gasteiger partial charge in [-0.1, -0.05) is 18.2 Å². The standard InChI is InChI=1S/C28H34N4O4/c1-31-25(15-24(30-31)20-9-10-26(34-2)27(14-20)35-3)23-17-32-12-11-19(23)13-21(32)16-29-28(33)18-36-22-7-5-4-6-8-22/h4-10,14-15,19,21,23H,11-13,16-18H2,1-3H3,(H,29,33). The van der Waals surface area contributed by atoms with Crippen LogP contribution in [0.1, 0.15) is 24.5 Å². The van der Waals surface area contributed by atoms with Crippen LogP contribution in [0.25, 0.3) is 11.3 Å². The number of hydrogen-bond acceptors (Lipinski definition) is 6. The molecule has 4 unspecified atom stereocenters. The second-order valence-electron chi connectivity index (χ2n) is 9.59. The zero-order chi connectivity index (χ0) is 25.1. The Morgan fingerprint density at radius 2 is 1.89 bits per heavy atom. The molecule has 2 aromatic carbocycles. The Morgan fingerprint density at radius 3 is 2.61 bits per heavy atom. The minimum atomic E-state index is -0.0794. The minimum Gasteiger partial charge on any atom is -0.493 e. The highest BCUT2D eigenvalue weighted by atomic mass is 16.5. The molecule has 3 fully saturated rings. The number of para-hydroxylation sites is 1. The van der Waals surface area contributed by atoms with Crippen molar-refractivity contribution in [1.29, 1.82) is 0 Å². The number of carbonyl (C=O) groups is 1. The molecule has 1 amide bonds. The molecule has 4 heterocycles. The first kappa shape index (κ1) is 24.2. The molecule has 3 aliphatic rings. The Bertz CT molecular complexity index is 1200. The summed E-state index contributed by atoms with van der Waals surface area (Å²) in [6.07, 6.45) is 2.24. The number of nitrogens with zero attached hydrogens (tertiary/aromatic N) is 3. The van der Waals surface area contributed by atoms with Crippen LogP contribution in [0.15, 0.2) is 54.6 Å². The number of piperidine rings is 3. The fourth-order valence-electron chi connectivity index (χ4n) is 5.60. The Balaban J connectivity index is 1.20. The summed E-state index contributed by atoms with van der Waals surface area (Å²) >= 11 is 0. The van der Waals surface area contributed by atoms with Crippen molar-refractivity contribution < 1.29 is 19.0 Å². The molecular weight excluding hydrogens is 456 g/mol. The predicted octanol–water partition coefficient (Wildman–Crippen LogP) is 3.48. The number of methoxy groups -OCH3 is 2. The summed E-state index contributed by atoms with van der Waals surface area (Å²) in [6, 6.07) is 17.9. The van der Waals surface area contributed by atoms with E-state index in [-0.39, 0.29) is 12.5 Å². The van der Waals surface area contributed by atoms with Gasteiger partial charge >= 0.3 is 0 Å². The molecule has 3 aliphatic heterocycles. The highest BCUT2D eigenvalue weighted by Crippen LogP contribution is 2.42. The first-order valence-corrected chi connectivity index (χ1v) is 12.5. The lowest BCUT2D eigenvalue weighted by atomic mass is 9.74. The van der Waals surface area contributed by atoms with Crippen molar-refractivity contribution in [2.24, 2.45) is 13.0 Å². The van der Waals surface area contributed by atoms with Crippen molar-refractivity contribution in [3.05, 3.63) is 60.3 Å². The topological polar surface area (TPSA) is 77.9 Å². The minimum absolute atomic E-state index is 0.0384. The van der Waals surface area contributed by atoms with E-state index in [1.165, 1.54) is 12.1 Å². The van der Waals surface area contributed by atoms with Gasteiger partial charge in [-0.15, -0.1) is 0 Å². The number of aryl methyl sites for hydroxylation is 1. The van der Waals surface area contributed by atoms with Crippen molar-refractivity contribution in [3.63, 3.8) is 0 Å². The third kappa shape index (κ3) is 5.04. The molecule has 4 atom stereocenters. The third-order valence-electron chi connectivity index (χ3n) is 7.50. The van der Waals surface area contributed by atoms with Crippen LogP contribution < -0.4 is 19.5 Å². The van der Waals surface area contributed by atoms with E-state index in [0.29, 0.717) is 41.7 Å². The molecule has 8 nitrogen and oxygen atoms in total. The van der Waals surface area contributed by atoms with Crippen molar-refractivity contribution in [2.75, 3.05) is 40.5 Å². The molecular formula is C28H34N4O4. The second kappa shape index (κ2) is 10.6. The summed E-state index contributed by atoms with van der Waals surface area (Å²) in [5.74, 6) is 3.04. The molecule has 1 N–H and O–H groups in total. The van der Waals surface area contributed by atoms with Crippen LogP contribution in [0, 0.1) is 5.92 Å². The van der Waals surface area contributed by atoms with Crippen LogP contribution in [0.4, 0.5) is 0 Å². The summed E-state index contributed by atoms with van der Waals surface area (Å²) in [7, 11) is 5.32. The van der Waals surface area contributed by atoms with Gasteiger partial charge in [-0.25, -0.2) is 0 Å². The van der Waals surface area contributed by atoms with Crippen molar-refractivity contribution >= 4 is 5.91 Å². The fraction of sp³-hybridized carbons (Fsp3) is 0.429. The monoisotopic (exact) mass is 490 g/mol. The van der Waals surface area contributed by atoms with Crippen LogP contribution in [-0.4, -0.2) is 67.1 Å². The van der Waals surface area contributed by atoms with Gasteiger partial charge in [0.1, 0.15) is 5.75 Å². The summed E-state index contributed by atoms with van der Waals surface area (Å²) < 4.78 is 18.4. The maximum atomic E-state index is 12.3. The number of aromatic nitrogens is 2. The van der Waals surface area contributed by atoms with E-state index in [9.17, 15) is 4.79 Å². The highest BCUT2D eigenvalue weighted by molar-refractivity contribution is 5.77. The number of amides is 1. The number of benzene rings is 2. The average Bonchev–Trinajstić information content (AvgIpc) is 3.32. The molecule has 0 saturated carbocycles. The smallest absolute Gasteiger partial charge is 0.257 e. The number of fused-ring (bicyclic) bond motifs is 3. The maximum Gasteiger partial charge on any atom is 0.257 e. The van der Waals surface area contributed by atoms with Crippen LogP contribution in [0.2, 0.25) is 0 Å². The third-order valence-corrected chi connectivity index (χ3v) is 7.50. The maximum absolute atomic E-state index is 12.3. The lowest BCUT2D eigenvalue weighted by molar-refractivity contribution is -0.123. The van der Waals surface area contributed by atoms with Gasteiger partial charge in [0.2, 0.25) is 0 Å². The Hall–Kier alpha value is -3.52. The van der Waals surface area contributed by atoms with Crippen LogP contribution in [-0.2, 0) is 11.8 Å². The SMILES string of the molecule is COc1ccc(-c2cc(C3CN4CCC3CC4CNC(=O)COc3ccccc3)n(C)n2)cc1OC. The van der Waals surface area contributed by atoms with Crippen LogP contribution >= 0.6 is 0 Å². The molecule has 0 aliphatic carbocycles. The number of hydrogen-bond donors (Lipinski definition) is 1. The van der Waals surface area contributed by atoms with E-state index in [2.05, 4.69) is 16.3 Å². The molecule has 3 saturated heterocycles. The molecule has 1 aromatic heterocycles. The van der Waals surface area contributed by atoms with Crippen molar-refractivity contribution in [3.8, 4) is 28.5 Å². The van der Waals surface area contributed by atoms with Gasteiger partial charge in [-0.3, -0.25) is 14.4 Å². The lowest BCUT2D eigenvalue weighted by Crippen LogP contribution is -2.56. The van der Waals surface area contributed by atoms with E-state index in [0.717, 1.165) is 30.8 Å². The fourth-order valence-corrected chi connectivity index (χ4v) is 5.60. The van der Waals surface area contributed by atoms with Gasteiger partial charge in [0.15, 0.2) is 18.1 Å². The molecule has 36 heavy (non-hydrogen) atoms. The van der Waals surface area contributed by atoms with E-state index in [1.54, 1.807) is 14.2 Å². The summed E-state index contributed by atoms with van der Waals surface area (Å²) in [6.45, 7) is 2.75. The first-order chi connectivity index (χ1) is 17.6. The summed E-state index contributed by atoms with van der Waals surface area (Å²) in [5.41, 5.74) is 3.20. The van der Waals surface area contributed by atoms with Gasteiger partial charge in [0.25, 0.3) is 5.91 Å². The number of rotatable bonds is 9. The lowest BCUT2D eigenvalue weighted by Gasteiger charge is -2.49. The van der Waals surface area contributed by atoms with Crippen LogP contribution in [0.5, 0.6) is 17.2 Å². The van der Waals surface area contributed by atoms with E-state index in [1.807, 2.05) is 60.3 Å². The predicted molar refractivity (Wildman–Crippen MR) is 138 cm³/mol. The van der Waals surface area contributed by atoms with Gasteiger partial charge < -0.3 is 19.5 Å². The van der Waals surface area contributed by atoms with Crippen molar-refractivity contribution in [2.45, 2.75) is 24.8 Å². The Labute approximate surface area is 212 Å². The molecule has 190 valence electrons. The molecule has 6 rings (SSSR count). The zero-order valence-electron chi connectivity index (χ0n) is 21.1. The van der Waals surface area contributed by atoms with Gasteiger partial charge in [-0.2, -0.15) is 5.10 Å². The van der Waals surface area contributed by atoms with Crippen molar-refractivity contribution in [1.82, 2.24) is 20.0 Å². The normalized spacial score (nSPS) is 22.8. The van der Waals surface area contributed by atoms with Gasteiger partial charge in [0, 0.05) is 43.4 Å². The van der Waals surface area contributed by atoms with E-state index < -0.39 is 0 Å². The number of carbonyl (C=O) groups excluding carboxylic acids is 1.